The minimum absolute atomic E-state index is 0. The van der Waals surface area contributed by atoms with Crippen LogP contribution in [0, 0.1) is 5.92 Å². The van der Waals surface area contributed by atoms with Gasteiger partial charge in [0.05, 0.1) is 0 Å². The number of guanidine groups is 1. The predicted molar refractivity (Wildman–Crippen MR) is 122 cm³/mol. The number of nitrogens with one attached hydrogen (secondary N) is 2. The van der Waals surface area contributed by atoms with E-state index in [-0.39, 0.29) is 24.0 Å². The minimum Gasteiger partial charge on any atom is -0.381 e. The number of anilines is 1. The fourth-order valence-corrected chi connectivity index (χ4v) is 2.94. The van der Waals surface area contributed by atoms with Gasteiger partial charge in [0, 0.05) is 51.1 Å². The maximum atomic E-state index is 5.62. The zero-order chi connectivity index (χ0) is 17.9. The van der Waals surface area contributed by atoms with Crippen molar-refractivity contribution in [3.05, 3.63) is 30.3 Å². The Morgan fingerprint density at radius 2 is 2.08 bits per heavy atom. The van der Waals surface area contributed by atoms with Crippen molar-refractivity contribution in [2.45, 2.75) is 39.7 Å². The highest BCUT2D eigenvalue weighted by Crippen LogP contribution is 2.19. The van der Waals surface area contributed by atoms with Crippen molar-refractivity contribution < 1.29 is 4.74 Å². The highest BCUT2D eigenvalue weighted by atomic mass is 127. The van der Waals surface area contributed by atoms with Crippen LogP contribution in [0.2, 0.25) is 0 Å². The normalized spacial score (nSPS) is 17.3. The van der Waals surface area contributed by atoms with E-state index in [2.05, 4.69) is 71.6 Å². The molecule has 1 saturated heterocycles. The van der Waals surface area contributed by atoms with Gasteiger partial charge in [0.25, 0.3) is 0 Å². The average Bonchev–Trinajstić information content (AvgIpc) is 3.07. The van der Waals surface area contributed by atoms with E-state index in [1.807, 2.05) is 0 Å². The van der Waals surface area contributed by atoms with Crippen molar-refractivity contribution in [2.75, 3.05) is 44.3 Å². The van der Waals surface area contributed by atoms with Crippen molar-refractivity contribution in [3.63, 3.8) is 0 Å². The van der Waals surface area contributed by atoms with Crippen LogP contribution >= 0.6 is 24.0 Å². The van der Waals surface area contributed by atoms with E-state index in [1.165, 1.54) is 5.69 Å². The Morgan fingerprint density at radius 1 is 1.31 bits per heavy atom. The third kappa shape index (κ3) is 8.58. The number of ether oxygens (including phenoxy) is 1. The van der Waals surface area contributed by atoms with Crippen LogP contribution in [-0.2, 0) is 4.74 Å². The minimum atomic E-state index is 0. The summed E-state index contributed by atoms with van der Waals surface area (Å²) in [5.41, 5.74) is 1.30. The van der Waals surface area contributed by atoms with Gasteiger partial charge in [-0.25, -0.2) is 0 Å². The van der Waals surface area contributed by atoms with Crippen LogP contribution in [0.4, 0.5) is 5.69 Å². The number of benzene rings is 1. The van der Waals surface area contributed by atoms with Crippen LogP contribution in [0.3, 0.4) is 0 Å². The van der Waals surface area contributed by atoms with Gasteiger partial charge >= 0.3 is 0 Å². The molecule has 26 heavy (non-hydrogen) atoms. The molecular formula is C20H35IN4O. The van der Waals surface area contributed by atoms with Crippen LogP contribution in [0.15, 0.2) is 35.3 Å². The summed E-state index contributed by atoms with van der Waals surface area (Å²) < 4.78 is 5.62. The smallest absolute Gasteiger partial charge is 0.191 e. The molecule has 5 nitrogen and oxygen atoms in total. The monoisotopic (exact) mass is 474 g/mol. The van der Waals surface area contributed by atoms with E-state index in [0.29, 0.717) is 12.0 Å². The first-order valence-electron chi connectivity index (χ1n) is 9.61. The molecule has 0 saturated carbocycles. The van der Waals surface area contributed by atoms with Gasteiger partial charge in [-0.1, -0.05) is 32.0 Å². The van der Waals surface area contributed by atoms with Crippen molar-refractivity contribution in [1.29, 1.82) is 0 Å². The van der Waals surface area contributed by atoms with Gasteiger partial charge in [0.1, 0.15) is 0 Å². The molecule has 1 aliphatic rings. The summed E-state index contributed by atoms with van der Waals surface area (Å²) in [5.74, 6) is 1.52. The van der Waals surface area contributed by atoms with Gasteiger partial charge in [-0.05, 0) is 37.8 Å². The van der Waals surface area contributed by atoms with Gasteiger partial charge in [0.2, 0.25) is 0 Å². The summed E-state index contributed by atoms with van der Waals surface area (Å²) in [6.45, 7) is 11.8. The largest absolute Gasteiger partial charge is 0.381 e. The summed E-state index contributed by atoms with van der Waals surface area (Å²) in [6, 6.07) is 11.1. The SMILES string of the molecule is CCNC(=NCCCOCC(C)C)NC1CCN(c2ccccc2)C1.I. The zero-order valence-electron chi connectivity index (χ0n) is 16.4. The van der Waals surface area contributed by atoms with Crippen LogP contribution in [-0.4, -0.2) is 51.4 Å². The lowest BCUT2D eigenvalue weighted by Crippen LogP contribution is -2.44. The maximum Gasteiger partial charge on any atom is 0.191 e. The second-order valence-corrected chi connectivity index (χ2v) is 6.99. The van der Waals surface area contributed by atoms with Gasteiger partial charge < -0.3 is 20.3 Å². The number of hydrogen-bond donors (Lipinski definition) is 2. The van der Waals surface area contributed by atoms with E-state index in [4.69, 9.17) is 4.74 Å². The van der Waals surface area contributed by atoms with Crippen LogP contribution < -0.4 is 15.5 Å². The molecule has 1 aromatic rings. The molecule has 0 radical (unpaired) electrons. The number of nitrogens with zero attached hydrogens (tertiary/aromatic N) is 2. The third-order valence-corrected chi connectivity index (χ3v) is 4.16. The Labute approximate surface area is 176 Å². The van der Waals surface area contributed by atoms with E-state index >= 15 is 0 Å². The van der Waals surface area contributed by atoms with Crippen molar-refractivity contribution in [3.8, 4) is 0 Å². The molecule has 1 aromatic carbocycles. The molecule has 0 spiro atoms. The molecule has 6 heteroatoms. The molecule has 1 fully saturated rings. The first-order valence-corrected chi connectivity index (χ1v) is 9.61. The molecule has 0 amide bonds. The standard InChI is InChI=1S/C20H34N4O.HI/c1-4-21-20(22-12-8-14-25-16-17(2)3)23-18-11-13-24(15-18)19-9-6-5-7-10-19;/h5-7,9-10,17-18H,4,8,11-16H2,1-3H3,(H2,21,22,23);1H. The lowest BCUT2D eigenvalue weighted by Gasteiger charge is -2.20. The topological polar surface area (TPSA) is 48.9 Å². The van der Waals surface area contributed by atoms with E-state index in [1.54, 1.807) is 0 Å². The molecule has 0 bridgehead atoms. The number of halogens is 1. The maximum absolute atomic E-state index is 5.62. The Morgan fingerprint density at radius 3 is 2.77 bits per heavy atom. The highest BCUT2D eigenvalue weighted by Gasteiger charge is 2.23. The predicted octanol–water partition coefficient (Wildman–Crippen LogP) is 3.50. The van der Waals surface area contributed by atoms with E-state index in [9.17, 15) is 0 Å². The molecular weight excluding hydrogens is 439 g/mol. The molecule has 1 atom stereocenters. The molecule has 148 valence electrons. The summed E-state index contributed by atoms with van der Waals surface area (Å²) in [4.78, 5) is 7.12. The summed E-state index contributed by atoms with van der Waals surface area (Å²) >= 11 is 0. The molecule has 1 heterocycles. The van der Waals surface area contributed by atoms with Crippen molar-refractivity contribution in [2.24, 2.45) is 10.9 Å². The summed E-state index contributed by atoms with van der Waals surface area (Å²) in [7, 11) is 0. The summed E-state index contributed by atoms with van der Waals surface area (Å²) in [6.07, 6.45) is 2.10. The van der Waals surface area contributed by atoms with Crippen LogP contribution in [0.1, 0.15) is 33.6 Å². The molecule has 0 aliphatic carbocycles. The summed E-state index contributed by atoms with van der Waals surface area (Å²) in [5, 5.41) is 6.93. The first-order chi connectivity index (χ1) is 12.2. The molecule has 1 aliphatic heterocycles. The first kappa shape index (κ1) is 23.0. The molecule has 2 N–H and O–H groups in total. The average molecular weight is 474 g/mol. The fourth-order valence-electron chi connectivity index (χ4n) is 2.94. The Hall–Kier alpha value is -1.02. The molecule has 2 rings (SSSR count). The highest BCUT2D eigenvalue weighted by molar-refractivity contribution is 14.0. The van der Waals surface area contributed by atoms with Crippen molar-refractivity contribution in [1.82, 2.24) is 10.6 Å². The number of aliphatic imine (C=N–C) groups is 1. The Balaban J connectivity index is 0.00000338. The van der Waals surface area contributed by atoms with Gasteiger partial charge in [-0.15, -0.1) is 24.0 Å². The quantitative estimate of drug-likeness (QED) is 0.249. The molecule has 1 unspecified atom stereocenters. The van der Waals surface area contributed by atoms with Gasteiger partial charge in [0.15, 0.2) is 5.96 Å². The van der Waals surface area contributed by atoms with Gasteiger partial charge in [-0.2, -0.15) is 0 Å². The lowest BCUT2D eigenvalue weighted by molar-refractivity contribution is 0.109. The molecule has 0 aromatic heterocycles. The second kappa shape index (κ2) is 13.2. The number of rotatable bonds is 9. The Bertz CT molecular complexity index is 510. The van der Waals surface area contributed by atoms with E-state index in [0.717, 1.165) is 58.2 Å². The number of hydrogen-bond acceptors (Lipinski definition) is 3. The van der Waals surface area contributed by atoms with Crippen LogP contribution in [0.5, 0.6) is 0 Å². The zero-order valence-corrected chi connectivity index (χ0v) is 18.7. The van der Waals surface area contributed by atoms with Crippen molar-refractivity contribution >= 4 is 35.6 Å². The lowest BCUT2D eigenvalue weighted by atomic mass is 10.2. The fraction of sp³-hybridized carbons (Fsp3) is 0.650. The number of para-hydroxylation sites is 1. The van der Waals surface area contributed by atoms with E-state index < -0.39 is 0 Å². The van der Waals surface area contributed by atoms with Gasteiger partial charge in [-0.3, -0.25) is 4.99 Å². The third-order valence-electron chi connectivity index (χ3n) is 4.16. The second-order valence-electron chi connectivity index (χ2n) is 6.99. The Kier molecular flexibility index (Phi) is 11.7. The van der Waals surface area contributed by atoms with Crippen LogP contribution in [0.25, 0.3) is 0 Å².